The predicted octanol–water partition coefficient (Wildman–Crippen LogP) is 1.85. The summed E-state index contributed by atoms with van der Waals surface area (Å²) in [6.45, 7) is 2.28. The van der Waals surface area contributed by atoms with Gasteiger partial charge >= 0.3 is 0 Å². The number of hydrogen-bond acceptors (Lipinski definition) is 6. The van der Waals surface area contributed by atoms with Gasteiger partial charge in [0.1, 0.15) is 10.6 Å². The molecule has 1 atom stereocenters. The third-order valence-corrected chi connectivity index (χ3v) is 3.33. The lowest BCUT2D eigenvalue weighted by Gasteiger charge is -2.14. The van der Waals surface area contributed by atoms with E-state index in [1.807, 2.05) is 11.4 Å². The number of hydrogen-bond donors (Lipinski definition) is 3. The summed E-state index contributed by atoms with van der Waals surface area (Å²) in [5.74, 6) is 1.07. The minimum absolute atomic E-state index is 0.214. The summed E-state index contributed by atoms with van der Waals surface area (Å²) < 4.78 is 0. The Labute approximate surface area is 104 Å². The zero-order chi connectivity index (χ0) is 12.3. The van der Waals surface area contributed by atoms with E-state index in [1.165, 1.54) is 0 Å². The van der Waals surface area contributed by atoms with E-state index < -0.39 is 0 Å². The topological polar surface area (TPSA) is 84.1 Å². The Morgan fingerprint density at radius 2 is 2.35 bits per heavy atom. The summed E-state index contributed by atoms with van der Waals surface area (Å²) in [7, 11) is 0. The highest BCUT2D eigenvalue weighted by Crippen LogP contribution is 2.26. The Balaban J connectivity index is 2.19. The van der Waals surface area contributed by atoms with Crippen LogP contribution >= 0.6 is 11.3 Å². The van der Waals surface area contributed by atoms with Gasteiger partial charge < -0.3 is 16.2 Å². The van der Waals surface area contributed by atoms with E-state index in [4.69, 9.17) is 10.8 Å². The number of nitrogen functional groups attached to an aromatic ring is 1. The van der Waals surface area contributed by atoms with Crippen molar-refractivity contribution >= 4 is 33.3 Å². The van der Waals surface area contributed by atoms with Gasteiger partial charge in [0.15, 0.2) is 0 Å². The van der Waals surface area contributed by atoms with Crippen molar-refractivity contribution < 1.29 is 5.11 Å². The molecule has 0 saturated carbocycles. The van der Waals surface area contributed by atoms with Gasteiger partial charge in [0.25, 0.3) is 0 Å². The Hall–Kier alpha value is -1.40. The van der Waals surface area contributed by atoms with E-state index in [-0.39, 0.29) is 18.6 Å². The van der Waals surface area contributed by atoms with E-state index in [2.05, 4.69) is 22.2 Å². The van der Waals surface area contributed by atoms with Crippen LogP contribution in [0.25, 0.3) is 10.2 Å². The van der Waals surface area contributed by atoms with Gasteiger partial charge in [0.05, 0.1) is 5.39 Å². The number of aromatic nitrogens is 2. The maximum atomic E-state index is 8.79. The molecule has 0 aliphatic heterocycles. The first-order valence-electron chi connectivity index (χ1n) is 5.59. The molecule has 2 rings (SSSR count). The molecule has 0 amide bonds. The Kier molecular flexibility index (Phi) is 3.75. The summed E-state index contributed by atoms with van der Waals surface area (Å²) in [5, 5.41) is 15.1. The number of nitrogens with one attached hydrogen (secondary N) is 1. The highest BCUT2D eigenvalue weighted by molar-refractivity contribution is 7.16. The first kappa shape index (κ1) is 12.1. The molecule has 0 fully saturated rings. The monoisotopic (exact) mass is 252 g/mol. The Morgan fingerprint density at radius 1 is 1.53 bits per heavy atom. The molecule has 2 aromatic rings. The number of aliphatic hydroxyl groups is 1. The number of nitrogens with zero attached hydrogens (tertiary/aromatic N) is 2. The lowest BCUT2D eigenvalue weighted by atomic mass is 10.2. The molecule has 6 heteroatoms. The van der Waals surface area contributed by atoms with Crippen molar-refractivity contribution in [3.8, 4) is 0 Å². The minimum atomic E-state index is 0.214. The second-order valence-electron chi connectivity index (χ2n) is 3.98. The number of rotatable bonds is 5. The number of thiophene rings is 1. The molecular weight excluding hydrogens is 236 g/mol. The van der Waals surface area contributed by atoms with Gasteiger partial charge in [-0.1, -0.05) is 0 Å². The Bertz CT molecular complexity index is 499. The molecule has 1 unspecified atom stereocenters. The van der Waals surface area contributed by atoms with Crippen LogP contribution in [0.4, 0.5) is 11.8 Å². The molecule has 2 heterocycles. The van der Waals surface area contributed by atoms with Crippen molar-refractivity contribution in [1.82, 2.24) is 9.97 Å². The number of aliphatic hydroxyl groups excluding tert-OH is 1. The molecular formula is C11H16N4OS. The van der Waals surface area contributed by atoms with Crippen LogP contribution in [-0.4, -0.2) is 27.7 Å². The molecule has 92 valence electrons. The average molecular weight is 252 g/mol. The molecule has 0 aliphatic rings. The van der Waals surface area contributed by atoms with Gasteiger partial charge in [-0.3, -0.25) is 0 Å². The zero-order valence-corrected chi connectivity index (χ0v) is 10.5. The quantitative estimate of drug-likeness (QED) is 0.756. The normalized spacial score (nSPS) is 12.8. The fourth-order valence-corrected chi connectivity index (χ4v) is 2.46. The molecule has 17 heavy (non-hydrogen) atoms. The highest BCUT2D eigenvalue weighted by atomic mass is 32.1. The van der Waals surface area contributed by atoms with Crippen LogP contribution in [0.3, 0.4) is 0 Å². The first-order chi connectivity index (χ1) is 8.20. The van der Waals surface area contributed by atoms with Crippen molar-refractivity contribution in [2.24, 2.45) is 0 Å². The summed E-state index contributed by atoms with van der Waals surface area (Å²) in [6, 6.07) is 2.24. The fourth-order valence-electron chi connectivity index (χ4n) is 1.68. The van der Waals surface area contributed by atoms with Gasteiger partial charge in [-0.05, 0) is 31.2 Å². The standard InChI is InChI=1S/C11H16N4OS/c1-7(3-2-5-16)13-9-8-4-6-17-10(8)15-11(12)14-9/h4,6-7,16H,2-3,5H2,1H3,(H3,12,13,14,15). The molecule has 0 aliphatic carbocycles. The zero-order valence-electron chi connectivity index (χ0n) is 9.68. The van der Waals surface area contributed by atoms with E-state index in [0.29, 0.717) is 0 Å². The van der Waals surface area contributed by atoms with Gasteiger partial charge in [0.2, 0.25) is 5.95 Å². The largest absolute Gasteiger partial charge is 0.396 e. The van der Waals surface area contributed by atoms with Gasteiger partial charge in [-0.2, -0.15) is 4.98 Å². The number of fused-ring (bicyclic) bond motifs is 1. The third kappa shape index (κ3) is 2.83. The lowest BCUT2D eigenvalue weighted by Crippen LogP contribution is -2.17. The molecule has 5 nitrogen and oxygen atoms in total. The van der Waals surface area contributed by atoms with Crippen molar-refractivity contribution in [1.29, 1.82) is 0 Å². The number of anilines is 2. The number of nitrogens with two attached hydrogens (primary N) is 1. The Morgan fingerprint density at radius 3 is 3.12 bits per heavy atom. The summed E-state index contributed by atoms with van der Waals surface area (Å²) >= 11 is 1.55. The van der Waals surface area contributed by atoms with Gasteiger partial charge in [-0.15, -0.1) is 11.3 Å². The van der Waals surface area contributed by atoms with E-state index in [0.717, 1.165) is 28.9 Å². The second-order valence-corrected chi connectivity index (χ2v) is 4.88. The van der Waals surface area contributed by atoms with Crippen molar-refractivity contribution in [3.05, 3.63) is 11.4 Å². The highest BCUT2D eigenvalue weighted by Gasteiger charge is 2.09. The summed E-state index contributed by atoms with van der Waals surface area (Å²) in [5.41, 5.74) is 5.66. The SMILES string of the molecule is CC(CCCO)Nc1nc(N)nc2sccc12. The maximum Gasteiger partial charge on any atom is 0.223 e. The van der Waals surface area contributed by atoms with Crippen molar-refractivity contribution in [2.75, 3.05) is 17.7 Å². The van der Waals surface area contributed by atoms with Crippen molar-refractivity contribution in [3.63, 3.8) is 0 Å². The lowest BCUT2D eigenvalue weighted by molar-refractivity contribution is 0.282. The fraction of sp³-hybridized carbons (Fsp3) is 0.455. The summed E-state index contributed by atoms with van der Waals surface area (Å²) in [4.78, 5) is 9.29. The predicted molar refractivity (Wildman–Crippen MR) is 71.2 cm³/mol. The molecule has 4 N–H and O–H groups in total. The van der Waals surface area contributed by atoms with Crippen LogP contribution in [0.15, 0.2) is 11.4 Å². The van der Waals surface area contributed by atoms with Crippen LogP contribution in [0.1, 0.15) is 19.8 Å². The van der Waals surface area contributed by atoms with E-state index >= 15 is 0 Å². The molecule has 0 aromatic carbocycles. The van der Waals surface area contributed by atoms with Crippen LogP contribution < -0.4 is 11.1 Å². The van der Waals surface area contributed by atoms with Crippen LogP contribution in [0.5, 0.6) is 0 Å². The van der Waals surface area contributed by atoms with E-state index in [9.17, 15) is 0 Å². The maximum absolute atomic E-state index is 8.79. The molecule has 0 radical (unpaired) electrons. The molecule has 2 aromatic heterocycles. The van der Waals surface area contributed by atoms with Crippen LogP contribution in [0, 0.1) is 0 Å². The smallest absolute Gasteiger partial charge is 0.223 e. The van der Waals surface area contributed by atoms with Gasteiger partial charge in [0, 0.05) is 12.6 Å². The van der Waals surface area contributed by atoms with E-state index in [1.54, 1.807) is 11.3 Å². The minimum Gasteiger partial charge on any atom is -0.396 e. The average Bonchev–Trinajstić information content (AvgIpc) is 2.74. The molecule has 0 spiro atoms. The van der Waals surface area contributed by atoms with Crippen LogP contribution in [-0.2, 0) is 0 Å². The third-order valence-electron chi connectivity index (χ3n) is 2.52. The molecule has 0 bridgehead atoms. The van der Waals surface area contributed by atoms with Crippen LogP contribution in [0.2, 0.25) is 0 Å². The molecule has 0 saturated heterocycles. The second kappa shape index (κ2) is 5.29. The first-order valence-corrected chi connectivity index (χ1v) is 6.47. The summed E-state index contributed by atoms with van der Waals surface area (Å²) in [6.07, 6.45) is 1.67. The van der Waals surface area contributed by atoms with Crippen molar-refractivity contribution in [2.45, 2.75) is 25.8 Å². The van der Waals surface area contributed by atoms with Gasteiger partial charge in [-0.25, -0.2) is 4.98 Å².